The van der Waals surface area contributed by atoms with E-state index in [2.05, 4.69) is 27.8 Å². The van der Waals surface area contributed by atoms with E-state index in [1.54, 1.807) is 0 Å². The average molecular weight is 251 g/mol. The monoisotopic (exact) mass is 250 g/mol. The molecule has 0 saturated carbocycles. The van der Waals surface area contributed by atoms with Gasteiger partial charge in [-0.1, -0.05) is 0 Å². The van der Waals surface area contributed by atoms with Gasteiger partial charge in [-0.2, -0.15) is 0 Å². The van der Waals surface area contributed by atoms with Gasteiger partial charge in [0.1, 0.15) is 0 Å². The number of rotatable bonds is 2. The van der Waals surface area contributed by atoms with Crippen molar-refractivity contribution in [1.29, 1.82) is 0 Å². The first-order chi connectivity index (χ1) is 7.13. The summed E-state index contributed by atoms with van der Waals surface area (Å²) in [6, 6.07) is -0.128. The minimum Gasteiger partial charge on any atom is -0.341 e. The van der Waals surface area contributed by atoms with E-state index in [1.807, 2.05) is 0 Å². The Balaban J connectivity index is 0.00000225. The van der Waals surface area contributed by atoms with Gasteiger partial charge in [-0.15, -0.1) is 12.4 Å². The first-order valence-electron chi connectivity index (χ1n) is 5.10. The maximum Gasteiger partial charge on any atom is 0.321 e. The number of piperazine rings is 1. The second-order valence-corrected chi connectivity index (χ2v) is 3.65. The van der Waals surface area contributed by atoms with Gasteiger partial charge in [0.2, 0.25) is 5.91 Å². The van der Waals surface area contributed by atoms with E-state index < -0.39 is 6.03 Å². The Kier molecular flexibility index (Phi) is 7.03. The standard InChI is InChI=1S/C9H18N4O2.ClH/c1-7-5-11-3-4-13(7)6-8(14)12-9(15)10-2;/h7,11H,3-6H2,1-2H3,(H2,10,12,14,15);1H. The van der Waals surface area contributed by atoms with E-state index >= 15 is 0 Å². The lowest BCUT2D eigenvalue weighted by molar-refractivity contribution is -0.121. The third kappa shape index (κ3) is 4.78. The molecule has 1 aliphatic heterocycles. The van der Waals surface area contributed by atoms with Gasteiger partial charge in [0, 0.05) is 32.7 Å². The molecule has 1 unspecified atom stereocenters. The Morgan fingerprint density at radius 2 is 2.19 bits per heavy atom. The van der Waals surface area contributed by atoms with Gasteiger partial charge in [-0.25, -0.2) is 4.79 Å². The van der Waals surface area contributed by atoms with Crippen LogP contribution in [-0.4, -0.2) is 56.1 Å². The fraction of sp³-hybridized carbons (Fsp3) is 0.778. The zero-order valence-corrected chi connectivity index (χ0v) is 10.4. The van der Waals surface area contributed by atoms with E-state index in [9.17, 15) is 9.59 Å². The number of halogens is 1. The van der Waals surface area contributed by atoms with E-state index in [1.165, 1.54) is 7.05 Å². The lowest BCUT2D eigenvalue weighted by Crippen LogP contribution is -2.53. The Bertz CT molecular complexity index is 250. The number of imide groups is 1. The van der Waals surface area contributed by atoms with Crippen LogP contribution < -0.4 is 16.0 Å². The van der Waals surface area contributed by atoms with E-state index in [0.717, 1.165) is 19.6 Å². The predicted molar refractivity (Wildman–Crippen MR) is 63.8 cm³/mol. The Hall–Kier alpha value is -0.850. The molecule has 0 aromatic heterocycles. The highest BCUT2D eigenvalue weighted by atomic mass is 35.5. The summed E-state index contributed by atoms with van der Waals surface area (Å²) in [4.78, 5) is 24.3. The zero-order chi connectivity index (χ0) is 11.3. The van der Waals surface area contributed by atoms with E-state index in [-0.39, 0.29) is 24.9 Å². The van der Waals surface area contributed by atoms with Crippen LogP contribution in [0, 0.1) is 0 Å². The van der Waals surface area contributed by atoms with Crippen molar-refractivity contribution in [2.75, 3.05) is 33.2 Å². The lowest BCUT2D eigenvalue weighted by atomic mass is 10.2. The van der Waals surface area contributed by atoms with Crippen LogP contribution in [0.2, 0.25) is 0 Å². The van der Waals surface area contributed by atoms with Crippen LogP contribution in [0.15, 0.2) is 0 Å². The third-order valence-corrected chi connectivity index (χ3v) is 2.47. The number of hydrogen-bond donors (Lipinski definition) is 3. The molecule has 6 nitrogen and oxygen atoms in total. The SMILES string of the molecule is CNC(=O)NC(=O)CN1CCNCC1C.Cl. The molecule has 3 N–H and O–H groups in total. The molecule has 0 aliphatic carbocycles. The van der Waals surface area contributed by atoms with Crippen molar-refractivity contribution < 1.29 is 9.59 Å². The first kappa shape index (κ1) is 15.2. The number of carbonyl (C=O) groups is 2. The van der Waals surface area contributed by atoms with Gasteiger partial charge in [0.25, 0.3) is 0 Å². The Morgan fingerprint density at radius 1 is 1.50 bits per heavy atom. The average Bonchev–Trinajstić information content (AvgIpc) is 2.21. The molecule has 1 fully saturated rings. The number of hydrogen-bond acceptors (Lipinski definition) is 4. The molecular weight excluding hydrogens is 232 g/mol. The number of nitrogens with one attached hydrogen (secondary N) is 3. The topological polar surface area (TPSA) is 73.5 Å². The minimum atomic E-state index is -0.456. The largest absolute Gasteiger partial charge is 0.341 e. The normalized spacial score (nSPS) is 20.8. The first-order valence-corrected chi connectivity index (χ1v) is 5.10. The molecule has 7 heteroatoms. The molecule has 3 amide bonds. The third-order valence-electron chi connectivity index (χ3n) is 2.47. The molecule has 0 aromatic carbocycles. The molecule has 0 bridgehead atoms. The molecular formula is C9H19ClN4O2. The summed E-state index contributed by atoms with van der Waals surface area (Å²) in [7, 11) is 1.48. The van der Waals surface area contributed by atoms with E-state index in [4.69, 9.17) is 0 Å². The van der Waals surface area contributed by atoms with Crippen LogP contribution >= 0.6 is 12.4 Å². The summed E-state index contributed by atoms with van der Waals surface area (Å²) in [6.07, 6.45) is 0. The molecule has 1 rings (SSSR count). The summed E-state index contributed by atoms with van der Waals surface area (Å²) in [6.45, 7) is 4.93. The minimum absolute atomic E-state index is 0. The van der Waals surface area contributed by atoms with Crippen molar-refractivity contribution in [3.05, 3.63) is 0 Å². The fourth-order valence-corrected chi connectivity index (χ4v) is 1.53. The smallest absolute Gasteiger partial charge is 0.321 e. The summed E-state index contributed by atoms with van der Waals surface area (Å²) in [5, 5.41) is 7.83. The van der Waals surface area contributed by atoms with Crippen molar-refractivity contribution in [3.63, 3.8) is 0 Å². The Labute approximate surface area is 102 Å². The molecule has 1 heterocycles. The van der Waals surface area contributed by atoms with Crippen molar-refractivity contribution in [2.24, 2.45) is 0 Å². The van der Waals surface area contributed by atoms with Crippen LogP contribution in [0.5, 0.6) is 0 Å². The molecule has 0 aromatic rings. The molecule has 1 atom stereocenters. The quantitative estimate of drug-likeness (QED) is 0.598. The predicted octanol–water partition coefficient (Wildman–Crippen LogP) is -0.842. The van der Waals surface area contributed by atoms with Crippen LogP contribution in [0.1, 0.15) is 6.92 Å². The number of urea groups is 1. The molecule has 16 heavy (non-hydrogen) atoms. The van der Waals surface area contributed by atoms with Crippen LogP contribution in [0.4, 0.5) is 4.79 Å². The van der Waals surface area contributed by atoms with Gasteiger partial charge in [0.15, 0.2) is 0 Å². The maximum atomic E-state index is 11.4. The highest BCUT2D eigenvalue weighted by Gasteiger charge is 2.20. The summed E-state index contributed by atoms with van der Waals surface area (Å²) < 4.78 is 0. The molecule has 94 valence electrons. The van der Waals surface area contributed by atoms with Gasteiger partial charge >= 0.3 is 6.03 Å². The number of nitrogens with zero attached hydrogens (tertiary/aromatic N) is 1. The second kappa shape index (κ2) is 7.43. The van der Waals surface area contributed by atoms with Gasteiger partial charge in [-0.3, -0.25) is 15.0 Å². The summed E-state index contributed by atoms with van der Waals surface area (Å²) in [5.74, 6) is -0.261. The second-order valence-electron chi connectivity index (χ2n) is 3.65. The molecule has 1 saturated heterocycles. The van der Waals surface area contributed by atoms with Crippen LogP contribution in [-0.2, 0) is 4.79 Å². The van der Waals surface area contributed by atoms with Crippen molar-refractivity contribution in [2.45, 2.75) is 13.0 Å². The summed E-state index contributed by atoms with van der Waals surface area (Å²) >= 11 is 0. The van der Waals surface area contributed by atoms with Crippen molar-refractivity contribution >= 4 is 24.3 Å². The highest BCUT2D eigenvalue weighted by Crippen LogP contribution is 2.00. The van der Waals surface area contributed by atoms with E-state index in [0.29, 0.717) is 6.04 Å². The lowest BCUT2D eigenvalue weighted by Gasteiger charge is -2.33. The van der Waals surface area contributed by atoms with Crippen LogP contribution in [0.3, 0.4) is 0 Å². The zero-order valence-electron chi connectivity index (χ0n) is 9.58. The van der Waals surface area contributed by atoms with Gasteiger partial charge < -0.3 is 10.6 Å². The van der Waals surface area contributed by atoms with Gasteiger partial charge in [-0.05, 0) is 6.92 Å². The van der Waals surface area contributed by atoms with Gasteiger partial charge in [0.05, 0.1) is 6.54 Å². The highest BCUT2D eigenvalue weighted by molar-refractivity contribution is 5.95. The van der Waals surface area contributed by atoms with Crippen LogP contribution in [0.25, 0.3) is 0 Å². The summed E-state index contributed by atoms with van der Waals surface area (Å²) in [5.41, 5.74) is 0. The number of carbonyl (C=O) groups excluding carboxylic acids is 2. The number of amides is 3. The fourth-order valence-electron chi connectivity index (χ4n) is 1.53. The molecule has 0 spiro atoms. The molecule has 0 radical (unpaired) electrons. The Morgan fingerprint density at radius 3 is 2.75 bits per heavy atom. The van der Waals surface area contributed by atoms with Crippen molar-refractivity contribution in [3.8, 4) is 0 Å². The van der Waals surface area contributed by atoms with Crippen molar-refractivity contribution in [1.82, 2.24) is 20.9 Å². The molecule has 1 aliphatic rings. The maximum absolute atomic E-state index is 11.4.